The second kappa shape index (κ2) is 6.87. The molecule has 0 unspecified atom stereocenters. The number of rotatable bonds is 5. The van der Waals surface area contributed by atoms with Crippen molar-refractivity contribution in [3.63, 3.8) is 0 Å². The van der Waals surface area contributed by atoms with Gasteiger partial charge >= 0.3 is 0 Å². The molecule has 6 nitrogen and oxygen atoms in total. The van der Waals surface area contributed by atoms with Gasteiger partial charge in [-0.2, -0.15) is 0 Å². The minimum Gasteiger partial charge on any atom is -0.364 e. The minimum absolute atomic E-state index is 0.546. The topological polar surface area (TPSA) is 67.7 Å². The second-order valence-corrected chi connectivity index (χ2v) is 5.77. The lowest BCUT2D eigenvalue weighted by molar-refractivity contribution is 0.452. The van der Waals surface area contributed by atoms with E-state index in [1.165, 1.54) is 11.4 Å². The molecular formula is C16H24N6. The first-order valence-corrected chi connectivity index (χ1v) is 8.05. The van der Waals surface area contributed by atoms with Gasteiger partial charge in [0.15, 0.2) is 0 Å². The van der Waals surface area contributed by atoms with E-state index in [0.717, 1.165) is 50.7 Å². The fourth-order valence-electron chi connectivity index (χ4n) is 2.97. The average molecular weight is 300 g/mol. The van der Waals surface area contributed by atoms with Gasteiger partial charge in [-0.15, -0.1) is 0 Å². The van der Waals surface area contributed by atoms with E-state index >= 15 is 0 Å². The monoisotopic (exact) mass is 300 g/mol. The Hall–Kier alpha value is -1.95. The van der Waals surface area contributed by atoms with Gasteiger partial charge < -0.3 is 15.2 Å². The van der Waals surface area contributed by atoms with E-state index in [4.69, 9.17) is 0 Å². The average Bonchev–Trinajstić information content (AvgIpc) is 3.01. The number of nitrogens with one attached hydrogen (secondary N) is 2. The highest BCUT2D eigenvalue weighted by Gasteiger charge is 2.17. The van der Waals surface area contributed by atoms with Crippen molar-refractivity contribution in [3.8, 4) is 0 Å². The summed E-state index contributed by atoms with van der Waals surface area (Å²) in [6.45, 7) is 7.90. The third kappa shape index (κ3) is 3.44. The first-order valence-electron chi connectivity index (χ1n) is 8.05. The molecular weight excluding hydrogens is 276 g/mol. The summed E-state index contributed by atoms with van der Waals surface area (Å²) in [6, 6.07) is 2.11. The number of aryl methyl sites for hydroxylation is 2. The maximum Gasteiger partial charge on any atom is 0.130 e. The molecule has 0 aliphatic carbocycles. The summed E-state index contributed by atoms with van der Waals surface area (Å²) in [5, 5.41) is 6.82. The zero-order valence-corrected chi connectivity index (χ0v) is 13.3. The Morgan fingerprint density at radius 1 is 1.32 bits per heavy atom. The van der Waals surface area contributed by atoms with Crippen LogP contribution in [0.25, 0.3) is 0 Å². The molecule has 118 valence electrons. The molecule has 2 aromatic rings. The molecule has 0 radical (unpaired) electrons. The van der Waals surface area contributed by atoms with Crippen molar-refractivity contribution < 1.29 is 0 Å². The van der Waals surface area contributed by atoms with E-state index in [-0.39, 0.29) is 0 Å². The van der Waals surface area contributed by atoms with Crippen LogP contribution in [0.5, 0.6) is 0 Å². The van der Waals surface area contributed by atoms with Gasteiger partial charge in [-0.25, -0.2) is 15.0 Å². The molecule has 3 rings (SSSR count). The van der Waals surface area contributed by atoms with Gasteiger partial charge in [0, 0.05) is 30.4 Å². The fourth-order valence-corrected chi connectivity index (χ4v) is 2.97. The van der Waals surface area contributed by atoms with Crippen molar-refractivity contribution in [3.05, 3.63) is 35.8 Å². The van der Waals surface area contributed by atoms with Gasteiger partial charge in [-0.1, -0.05) is 0 Å². The number of hydrogen-bond donors (Lipinski definition) is 2. The van der Waals surface area contributed by atoms with Crippen LogP contribution in [-0.4, -0.2) is 32.6 Å². The van der Waals surface area contributed by atoms with E-state index < -0.39 is 0 Å². The van der Waals surface area contributed by atoms with Crippen molar-refractivity contribution in [2.45, 2.75) is 45.7 Å². The van der Waals surface area contributed by atoms with E-state index in [2.05, 4.69) is 43.1 Å². The van der Waals surface area contributed by atoms with Gasteiger partial charge in [0.2, 0.25) is 0 Å². The molecule has 0 bridgehead atoms. The zero-order chi connectivity index (χ0) is 15.4. The van der Waals surface area contributed by atoms with Crippen LogP contribution in [0.1, 0.15) is 42.9 Å². The summed E-state index contributed by atoms with van der Waals surface area (Å²) in [7, 11) is 0. The summed E-state index contributed by atoms with van der Waals surface area (Å²) in [5.74, 6) is 2.29. The summed E-state index contributed by atoms with van der Waals surface area (Å²) >= 11 is 0. The van der Waals surface area contributed by atoms with Crippen molar-refractivity contribution in [1.82, 2.24) is 24.8 Å². The van der Waals surface area contributed by atoms with E-state index in [1.54, 1.807) is 0 Å². The largest absolute Gasteiger partial charge is 0.364 e. The summed E-state index contributed by atoms with van der Waals surface area (Å²) in [4.78, 5) is 13.4. The third-order valence-corrected chi connectivity index (χ3v) is 4.21. The smallest absolute Gasteiger partial charge is 0.130 e. The number of nitrogens with zero attached hydrogens (tertiary/aromatic N) is 4. The molecule has 22 heavy (non-hydrogen) atoms. The van der Waals surface area contributed by atoms with E-state index in [9.17, 15) is 0 Å². The molecule has 6 heteroatoms. The quantitative estimate of drug-likeness (QED) is 0.885. The van der Waals surface area contributed by atoms with E-state index in [0.29, 0.717) is 5.92 Å². The molecule has 1 aliphatic rings. The highest BCUT2D eigenvalue weighted by atomic mass is 15.1. The highest BCUT2D eigenvalue weighted by molar-refractivity contribution is 5.37. The SMILES string of the molecule is CCn1cncc1CNc1cc(C2CCNCC2)nc(C)n1. The Labute approximate surface area is 131 Å². The Bertz CT molecular complexity index is 615. The molecule has 0 atom stereocenters. The lowest BCUT2D eigenvalue weighted by atomic mass is 9.94. The van der Waals surface area contributed by atoms with Crippen molar-refractivity contribution in [2.24, 2.45) is 0 Å². The minimum atomic E-state index is 0.546. The van der Waals surface area contributed by atoms with Crippen LogP contribution >= 0.6 is 0 Å². The van der Waals surface area contributed by atoms with Gasteiger partial charge in [0.05, 0.1) is 18.6 Å². The molecule has 0 aromatic carbocycles. The van der Waals surface area contributed by atoms with Crippen LogP contribution in [0.2, 0.25) is 0 Å². The normalized spacial score (nSPS) is 15.9. The number of imidazole rings is 1. The summed E-state index contributed by atoms with van der Waals surface area (Å²) in [6.07, 6.45) is 6.07. The summed E-state index contributed by atoms with van der Waals surface area (Å²) in [5.41, 5.74) is 2.34. The molecule has 0 spiro atoms. The predicted molar refractivity (Wildman–Crippen MR) is 86.8 cm³/mol. The standard InChI is InChI=1S/C16H24N6/c1-3-22-11-18-9-14(22)10-19-16-8-15(20-12(2)21-16)13-4-6-17-7-5-13/h8-9,11,13,17H,3-7,10H2,1-2H3,(H,19,20,21). The third-order valence-electron chi connectivity index (χ3n) is 4.21. The maximum absolute atomic E-state index is 4.64. The van der Waals surface area contributed by atoms with Gasteiger partial charge in [-0.3, -0.25) is 0 Å². The second-order valence-electron chi connectivity index (χ2n) is 5.77. The predicted octanol–water partition coefficient (Wildman–Crippen LogP) is 2.08. The maximum atomic E-state index is 4.64. The first-order chi connectivity index (χ1) is 10.8. The molecule has 3 heterocycles. The van der Waals surface area contributed by atoms with Crippen molar-refractivity contribution in [1.29, 1.82) is 0 Å². The van der Waals surface area contributed by atoms with Crippen LogP contribution in [-0.2, 0) is 13.1 Å². The van der Waals surface area contributed by atoms with Crippen LogP contribution < -0.4 is 10.6 Å². The molecule has 2 aromatic heterocycles. The number of piperidine rings is 1. The molecule has 2 N–H and O–H groups in total. The molecule has 0 amide bonds. The lowest BCUT2D eigenvalue weighted by Crippen LogP contribution is -2.27. The Morgan fingerprint density at radius 3 is 2.91 bits per heavy atom. The Balaban J connectivity index is 1.72. The van der Waals surface area contributed by atoms with Crippen molar-refractivity contribution in [2.75, 3.05) is 18.4 Å². The summed E-state index contributed by atoms with van der Waals surface area (Å²) < 4.78 is 2.13. The molecule has 1 fully saturated rings. The lowest BCUT2D eigenvalue weighted by Gasteiger charge is -2.22. The van der Waals surface area contributed by atoms with Crippen LogP contribution in [0.15, 0.2) is 18.6 Å². The van der Waals surface area contributed by atoms with Gasteiger partial charge in [-0.05, 0) is 39.8 Å². The van der Waals surface area contributed by atoms with Crippen LogP contribution in [0, 0.1) is 6.92 Å². The van der Waals surface area contributed by atoms with Crippen LogP contribution in [0.3, 0.4) is 0 Å². The number of hydrogen-bond acceptors (Lipinski definition) is 5. The molecule has 1 saturated heterocycles. The van der Waals surface area contributed by atoms with Crippen molar-refractivity contribution >= 4 is 5.82 Å². The first kappa shape index (κ1) is 15.0. The molecule has 1 aliphatic heterocycles. The fraction of sp³-hybridized carbons (Fsp3) is 0.562. The van der Waals surface area contributed by atoms with Crippen LogP contribution in [0.4, 0.5) is 5.82 Å². The Kier molecular flexibility index (Phi) is 4.68. The van der Waals surface area contributed by atoms with E-state index in [1.807, 2.05) is 19.4 Å². The number of aromatic nitrogens is 4. The Morgan fingerprint density at radius 2 is 2.14 bits per heavy atom. The van der Waals surface area contributed by atoms with Gasteiger partial charge in [0.1, 0.15) is 11.6 Å². The number of anilines is 1. The zero-order valence-electron chi connectivity index (χ0n) is 13.3. The van der Waals surface area contributed by atoms with Gasteiger partial charge in [0.25, 0.3) is 0 Å². The molecule has 0 saturated carbocycles. The highest BCUT2D eigenvalue weighted by Crippen LogP contribution is 2.25.